The molecule has 1 N–H and O–H groups in total. The summed E-state index contributed by atoms with van der Waals surface area (Å²) in [7, 11) is 0. The zero-order chi connectivity index (χ0) is 10.6. The maximum Gasteiger partial charge on any atom is 0.422 e. The topological polar surface area (TPSA) is 38.3 Å². The van der Waals surface area contributed by atoms with Crippen LogP contribution in [0.4, 0.5) is 13.2 Å². The zero-order valence-electron chi connectivity index (χ0n) is 7.56. The number of alkyl halides is 3. The predicted molar refractivity (Wildman–Crippen MR) is 42.6 cm³/mol. The summed E-state index contributed by atoms with van der Waals surface area (Å²) < 4.78 is 39.2. The second kappa shape index (κ2) is 4.63. The van der Waals surface area contributed by atoms with Crippen LogP contribution in [0.2, 0.25) is 0 Å². The first-order chi connectivity index (χ1) is 6.49. The third kappa shape index (κ3) is 3.95. The minimum absolute atomic E-state index is 0.376. The molecule has 0 radical (unpaired) electrons. The Morgan fingerprint density at radius 3 is 2.43 bits per heavy atom. The van der Waals surface area contributed by atoms with Crippen LogP contribution >= 0.6 is 0 Å². The van der Waals surface area contributed by atoms with Crippen LogP contribution in [0, 0.1) is 5.92 Å². The number of halogens is 3. The Morgan fingerprint density at radius 1 is 1.36 bits per heavy atom. The highest BCUT2D eigenvalue weighted by Gasteiger charge is 2.31. The van der Waals surface area contributed by atoms with Crippen molar-refractivity contribution in [1.82, 2.24) is 5.32 Å². The van der Waals surface area contributed by atoms with Crippen molar-refractivity contribution in [2.45, 2.75) is 19.0 Å². The molecule has 82 valence electrons. The molecular weight excluding hydrogens is 199 g/mol. The van der Waals surface area contributed by atoms with Gasteiger partial charge in [0.2, 0.25) is 0 Å². The van der Waals surface area contributed by atoms with Crippen LogP contribution < -0.4 is 5.32 Å². The van der Waals surface area contributed by atoms with Gasteiger partial charge in [0.25, 0.3) is 0 Å². The van der Waals surface area contributed by atoms with E-state index in [4.69, 9.17) is 0 Å². The van der Waals surface area contributed by atoms with Crippen molar-refractivity contribution in [3.63, 3.8) is 0 Å². The molecule has 0 bridgehead atoms. The van der Waals surface area contributed by atoms with Crippen molar-refractivity contribution in [1.29, 1.82) is 0 Å². The Hall–Kier alpha value is -0.780. The Kier molecular flexibility index (Phi) is 3.74. The summed E-state index contributed by atoms with van der Waals surface area (Å²) in [5.74, 6) is -1.11. The van der Waals surface area contributed by atoms with E-state index in [1.54, 1.807) is 0 Å². The minimum atomic E-state index is -4.43. The van der Waals surface area contributed by atoms with Gasteiger partial charge in [0, 0.05) is 0 Å². The molecular formula is C8H12F3NO2. The lowest BCUT2D eigenvalue weighted by Crippen LogP contribution is -2.34. The van der Waals surface area contributed by atoms with E-state index in [1.807, 2.05) is 0 Å². The SMILES string of the molecule is O=C(OCC(F)(F)F)C1CCNCC1. The van der Waals surface area contributed by atoms with Crippen molar-refractivity contribution in [2.24, 2.45) is 5.92 Å². The fourth-order valence-corrected chi connectivity index (χ4v) is 1.33. The summed E-state index contributed by atoms with van der Waals surface area (Å²) in [5, 5.41) is 3.01. The molecule has 0 aliphatic carbocycles. The maximum absolute atomic E-state index is 11.7. The highest BCUT2D eigenvalue weighted by molar-refractivity contribution is 5.72. The first-order valence-electron chi connectivity index (χ1n) is 4.43. The highest BCUT2D eigenvalue weighted by Crippen LogP contribution is 2.18. The summed E-state index contributed by atoms with van der Waals surface area (Å²) in [6, 6.07) is 0. The standard InChI is InChI=1S/C8H12F3NO2/c9-8(10,11)5-14-7(13)6-1-3-12-4-2-6/h6,12H,1-5H2. The lowest BCUT2D eigenvalue weighted by molar-refractivity contribution is -0.189. The van der Waals surface area contributed by atoms with Crippen molar-refractivity contribution in [3.8, 4) is 0 Å². The van der Waals surface area contributed by atoms with Crippen LogP contribution in [0.3, 0.4) is 0 Å². The van der Waals surface area contributed by atoms with Gasteiger partial charge in [0.15, 0.2) is 6.61 Å². The Labute approximate surface area is 79.6 Å². The number of hydrogen-bond donors (Lipinski definition) is 1. The largest absolute Gasteiger partial charge is 0.456 e. The molecule has 14 heavy (non-hydrogen) atoms. The molecule has 6 heteroatoms. The van der Waals surface area contributed by atoms with Crippen LogP contribution in [0.25, 0.3) is 0 Å². The molecule has 0 aromatic carbocycles. The fraction of sp³-hybridized carbons (Fsp3) is 0.875. The molecule has 0 spiro atoms. The van der Waals surface area contributed by atoms with Gasteiger partial charge in [-0.15, -0.1) is 0 Å². The quantitative estimate of drug-likeness (QED) is 0.695. The molecule has 1 rings (SSSR count). The molecule has 0 amide bonds. The molecule has 0 atom stereocenters. The number of carbonyl (C=O) groups is 1. The molecule has 1 fully saturated rings. The van der Waals surface area contributed by atoms with Gasteiger partial charge in [0.1, 0.15) is 0 Å². The van der Waals surface area contributed by atoms with Crippen molar-refractivity contribution in [3.05, 3.63) is 0 Å². The van der Waals surface area contributed by atoms with Gasteiger partial charge in [-0.25, -0.2) is 0 Å². The summed E-state index contributed by atoms with van der Waals surface area (Å²) >= 11 is 0. The number of piperidine rings is 1. The molecule has 1 heterocycles. The third-order valence-electron chi connectivity index (χ3n) is 2.05. The third-order valence-corrected chi connectivity index (χ3v) is 2.05. The van der Waals surface area contributed by atoms with Gasteiger partial charge in [0.05, 0.1) is 5.92 Å². The van der Waals surface area contributed by atoms with E-state index in [-0.39, 0.29) is 5.92 Å². The van der Waals surface area contributed by atoms with E-state index in [0.29, 0.717) is 25.9 Å². The van der Waals surface area contributed by atoms with E-state index >= 15 is 0 Å². The van der Waals surface area contributed by atoms with Crippen LogP contribution in [-0.2, 0) is 9.53 Å². The molecule has 1 aliphatic heterocycles. The Bertz CT molecular complexity index is 199. The van der Waals surface area contributed by atoms with Crippen molar-refractivity contribution < 1.29 is 22.7 Å². The zero-order valence-corrected chi connectivity index (χ0v) is 7.56. The van der Waals surface area contributed by atoms with Gasteiger partial charge in [-0.3, -0.25) is 4.79 Å². The predicted octanol–water partition coefficient (Wildman–Crippen LogP) is 1.09. The monoisotopic (exact) mass is 211 g/mol. The van der Waals surface area contributed by atoms with Gasteiger partial charge in [-0.1, -0.05) is 0 Å². The molecule has 0 unspecified atom stereocenters. The number of rotatable bonds is 2. The van der Waals surface area contributed by atoms with E-state index < -0.39 is 18.8 Å². The van der Waals surface area contributed by atoms with E-state index in [9.17, 15) is 18.0 Å². The molecule has 0 aromatic rings. The summed E-state index contributed by atoms with van der Waals surface area (Å²) in [6.45, 7) is -0.159. The smallest absolute Gasteiger partial charge is 0.422 e. The van der Waals surface area contributed by atoms with Gasteiger partial charge >= 0.3 is 12.1 Å². The number of carbonyl (C=O) groups excluding carboxylic acids is 1. The van der Waals surface area contributed by atoms with Crippen LogP contribution in [0.5, 0.6) is 0 Å². The normalized spacial score (nSPS) is 19.4. The number of ether oxygens (including phenoxy) is 1. The molecule has 3 nitrogen and oxygen atoms in total. The van der Waals surface area contributed by atoms with E-state index in [2.05, 4.69) is 10.1 Å². The average molecular weight is 211 g/mol. The Balaban J connectivity index is 2.27. The van der Waals surface area contributed by atoms with E-state index in [1.165, 1.54) is 0 Å². The van der Waals surface area contributed by atoms with Crippen molar-refractivity contribution in [2.75, 3.05) is 19.7 Å². The first kappa shape index (κ1) is 11.3. The maximum atomic E-state index is 11.7. The van der Waals surface area contributed by atoms with Gasteiger partial charge in [-0.2, -0.15) is 13.2 Å². The fourth-order valence-electron chi connectivity index (χ4n) is 1.33. The van der Waals surface area contributed by atoms with Crippen LogP contribution in [0.1, 0.15) is 12.8 Å². The molecule has 1 aliphatic rings. The van der Waals surface area contributed by atoms with E-state index in [0.717, 1.165) is 0 Å². The van der Waals surface area contributed by atoms with Crippen LogP contribution in [-0.4, -0.2) is 31.8 Å². The van der Waals surface area contributed by atoms with Gasteiger partial charge in [-0.05, 0) is 25.9 Å². The lowest BCUT2D eigenvalue weighted by atomic mass is 9.99. The van der Waals surface area contributed by atoms with Crippen LogP contribution in [0.15, 0.2) is 0 Å². The minimum Gasteiger partial charge on any atom is -0.456 e. The number of nitrogens with one attached hydrogen (secondary N) is 1. The summed E-state index contributed by atoms with van der Waals surface area (Å²) in [5.41, 5.74) is 0. The number of hydrogen-bond acceptors (Lipinski definition) is 3. The first-order valence-corrected chi connectivity index (χ1v) is 4.43. The molecule has 0 saturated carbocycles. The van der Waals surface area contributed by atoms with Crippen molar-refractivity contribution >= 4 is 5.97 Å². The lowest BCUT2D eigenvalue weighted by Gasteiger charge is -2.21. The average Bonchev–Trinajstić information content (AvgIpc) is 2.14. The second-order valence-corrected chi connectivity index (χ2v) is 3.25. The Morgan fingerprint density at radius 2 is 1.93 bits per heavy atom. The second-order valence-electron chi connectivity index (χ2n) is 3.25. The highest BCUT2D eigenvalue weighted by atomic mass is 19.4. The molecule has 1 saturated heterocycles. The molecule has 0 aromatic heterocycles. The number of esters is 1. The summed E-state index contributed by atoms with van der Waals surface area (Å²) in [6.07, 6.45) is -3.32. The van der Waals surface area contributed by atoms with Gasteiger partial charge < -0.3 is 10.1 Å². The summed E-state index contributed by atoms with van der Waals surface area (Å²) in [4.78, 5) is 11.1.